The van der Waals surface area contributed by atoms with Crippen LogP contribution in [0.3, 0.4) is 0 Å². The summed E-state index contributed by atoms with van der Waals surface area (Å²) in [4.78, 5) is 21.5. The molecule has 29 heavy (non-hydrogen) atoms. The molecule has 3 rings (SSSR count). The number of hydrogen-bond acceptors (Lipinski definition) is 6. The van der Waals surface area contributed by atoms with E-state index in [1.54, 1.807) is 32.4 Å². The highest BCUT2D eigenvalue weighted by Crippen LogP contribution is 2.30. The van der Waals surface area contributed by atoms with Gasteiger partial charge in [-0.15, -0.1) is 0 Å². The van der Waals surface area contributed by atoms with Crippen molar-refractivity contribution < 1.29 is 14.3 Å². The van der Waals surface area contributed by atoms with Crippen molar-refractivity contribution in [1.82, 2.24) is 9.97 Å². The predicted octanol–water partition coefficient (Wildman–Crippen LogP) is 4.41. The van der Waals surface area contributed by atoms with Crippen LogP contribution >= 0.6 is 0 Å². The van der Waals surface area contributed by atoms with Crippen molar-refractivity contribution >= 4 is 23.2 Å². The minimum Gasteiger partial charge on any atom is -0.493 e. The quantitative estimate of drug-likeness (QED) is 0.646. The van der Waals surface area contributed by atoms with Crippen LogP contribution < -0.4 is 20.1 Å². The van der Waals surface area contributed by atoms with Crippen LogP contribution in [-0.4, -0.2) is 30.1 Å². The van der Waals surface area contributed by atoms with E-state index in [1.807, 2.05) is 45.0 Å². The third-order valence-corrected chi connectivity index (χ3v) is 4.58. The first-order valence-electron chi connectivity index (χ1n) is 9.13. The summed E-state index contributed by atoms with van der Waals surface area (Å²) < 4.78 is 10.6. The molecule has 0 atom stereocenters. The van der Waals surface area contributed by atoms with Gasteiger partial charge in [0.15, 0.2) is 11.5 Å². The fraction of sp³-hybridized carbons (Fsp3) is 0.227. The topological polar surface area (TPSA) is 85.4 Å². The van der Waals surface area contributed by atoms with Gasteiger partial charge in [-0.25, -0.2) is 9.97 Å². The largest absolute Gasteiger partial charge is 0.493 e. The maximum Gasteiger partial charge on any atom is 0.274 e. The van der Waals surface area contributed by atoms with E-state index in [0.29, 0.717) is 28.8 Å². The van der Waals surface area contributed by atoms with Crippen LogP contribution in [0.1, 0.15) is 27.3 Å². The lowest BCUT2D eigenvalue weighted by molar-refractivity contribution is 0.102. The summed E-state index contributed by atoms with van der Waals surface area (Å²) in [6.07, 6.45) is 0. The Bertz CT molecular complexity index is 1050. The van der Waals surface area contributed by atoms with Gasteiger partial charge in [0.05, 0.1) is 14.2 Å². The van der Waals surface area contributed by atoms with Crippen LogP contribution in [-0.2, 0) is 0 Å². The van der Waals surface area contributed by atoms with Gasteiger partial charge in [0, 0.05) is 23.1 Å². The number of amides is 1. The second-order valence-corrected chi connectivity index (χ2v) is 6.61. The van der Waals surface area contributed by atoms with E-state index in [4.69, 9.17) is 9.47 Å². The molecule has 0 unspecified atom stereocenters. The first kappa shape index (κ1) is 20.1. The zero-order valence-corrected chi connectivity index (χ0v) is 17.2. The van der Waals surface area contributed by atoms with Crippen molar-refractivity contribution in [3.8, 4) is 11.5 Å². The number of benzene rings is 2. The first-order chi connectivity index (χ1) is 13.9. The summed E-state index contributed by atoms with van der Waals surface area (Å²) >= 11 is 0. The summed E-state index contributed by atoms with van der Waals surface area (Å²) in [5, 5.41) is 6.04. The van der Waals surface area contributed by atoms with Crippen LogP contribution in [0, 0.1) is 20.8 Å². The van der Waals surface area contributed by atoms with Crippen molar-refractivity contribution in [2.75, 3.05) is 24.9 Å². The third kappa shape index (κ3) is 4.63. The van der Waals surface area contributed by atoms with Gasteiger partial charge in [-0.3, -0.25) is 4.79 Å². The molecule has 1 amide bonds. The van der Waals surface area contributed by atoms with Gasteiger partial charge in [0.1, 0.15) is 5.69 Å². The highest BCUT2D eigenvalue weighted by molar-refractivity contribution is 6.03. The maximum atomic E-state index is 12.8. The normalized spacial score (nSPS) is 10.4. The molecule has 0 saturated heterocycles. The summed E-state index contributed by atoms with van der Waals surface area (Å²) in [5.41, 5.74) is 4.57. The second-order valence-electron chi connectivity index (χ2n) is 6.61. The van der Waals surface area contributed by atoms with E-state index in [-0.39, 0.29) is 11.6 Å². The fourth-order valence-electron chi connectivity index (χ4n) is 2.86. The first-order valence-corrected chi connectivity index (χ1v) is 9.13. The smallest absolute Gasteiger partial charge is 0.274 e. The van der Waals surface area contributed by atoms with E-state index < -0.39 is 0 Å². The Morgan fingerprint density at radius 1 is 0.931 bits per heavy atom. The zero-order chi connectivity index (χ0) is 21.0. The van der Waals surface area contributed by atoms with Crippen LogP contribution in [0.2, 0.25) is 0 Å². The number of aromatic nitrogens is 2. The number of anilines is 3. The molecule has 0 radical (unpaired) electrons. The average Bonchev–Trinajstić information content (AvgIpc) is 2.70. The second kappa shape index (κ2) is 8.60. The van der Waals surface area contributed by atoms with Crippen LogP contribution in [0.25, 0.3) is 0 Å². The Hall–Kier alpha value is -3.61. The average molecular weight is 392 g/mol. The molecule has 3 aromatic rings. The highest BCUT2D eigenvalue weighted by atomic mass is 16.5. The number of methoxy groups -OCH3 is 2. The van der Waals surface area contributed by atoms with Gasteiger partial charge >= 0.3 is 0 Å². The van der Waals surface area contributed by atoms with Crippen molar-refractivity contribution in [3.63, 3.8) is 0 Å². The van der Waals surface area contributed by atoms with Gasteiger partial charge in [0.25, 0.3) is 5.91 Å². The standard InChI is InChI=1S/C22H24N4O3/c1-13-7-6-8-17(15(13)3)25-21(27)18-11-14(2)23-22(26-18)24-16-9-10-19(28-4)20(12-16)29-5/h6-12H,1-5H3,(H,25,27)(H,23,24,26). The molecule has 1 aromatic heterocycles. The van der Waals surface area contributed by atoms with E-state index in [1.165, 1.54) is 0 Å². The minimum atomic E-state index is -0.292. The van der Waals surface area contributed by atoms with Crippen molar-refractivity contribution in [2.24, 2.45) is 0 Å². The number of carbonyl (C=O) groups excluding carboxylic acids is 1. The number of nitrogens with zero attached hydrogens (tertiary/aromatic N) is 2. The number of nitrogens with one attached hydrogen (secondary N) is 2. The number of hydrogen-bond donors (Lipinski definition) is 2. The molecule has 7 heteroatoms. The third-order valence-electron chi connectivity index (χ3n) is 4.58. The molecule has 2 aromatic carbocycles. The van der Waals surface area contributed by atoms with Crippen LogP contribution in [0.5, 0.6) is 11.5 Å². The monoisotopic (exact) mass is 392 g/mol. The Balaban J connectivity index is 1.84. The van der Waals surface area contributed by atoms with Crippen LogP contribution in [0.15, 0.2) is 42.5 Å². The molecule has 2 N–H and O–H groups in total. The molecule has 150 valence electrons. The summed E-state index contributed by atoms with van der Waals surface area (Å²) in [5.74, 6) is 1.23. The molecule has 0 saturated carbocycles. The van der Waals surface area contributed by atoms with Crippen molar-refractivity contribution in [2.45, 2.75) is 20.8 Å². The molecule has 0 fully saturated rings. The molecule has 0 spiro atoms. The Morgan fingerprint density at radius 3 is 2.41 bits per heavy atom. The molecule has 0 aliphatic rings. The fourth-order valence-corrected chi connectivity index (χ4v) is 2.86. The maximum absolute atomic E-state index is 12.8. The molecule has 0 bridgehead atoms. The van der Waals surface area contributed by atoms with E-state index in [9.17, 15) is 4.79 Å². The molecule has 0 aliphatic carbocycles. The van der Waals surface area contributed by atoms with E-state index in [2.05, 4.69) is 20.6 Å². The Labute approximate surface area is 170 Å². The SMILES string of the molecule is COc1ccc(Nc2nc(C)cc(C(=O)Nc3cccc(C)c3C)n2)cc1OC. The number of ether oxygens (including phenoxy) is 2. The number of rotatable bonds is 6. The van der Waals surface area contributed by atoms with E-state index in [0.717, 1.165) is 16.8 Å². The lowest BCUT2D eigenvalue weighted by Crippen LogP contribution is -2.16. The van der Waals surface area contributed by atoms with Gasteiger partial charge in [-0.1, -0.05) is 12.1 Å². The van der Waals surface area contributed by atoms with E-state index >= 15 is 0 Å². The van der Waals surface area contributed by atoms with Gasteiger partial charge in [0.2, 0.25) is 5.95 Å². The summed E-state index contributed by atoms with van der Waals surface area (Å²) in [6, 6.07) is 12.8. The highest BCUT2D eigenvalue weighted by Gasteiger charge is 2.13. The van der Waals surface area contributed by atoms with Gasteiger partial charge in [-0.2, -0.15) is 0 Å². The molecular formula is C22H24N4O3. The van der Waals surface area contributed by atoms with Crippen molar-refractivity contribution in [3.05, 3.63) is 65.0 Å². The summed E-state index contributed by atoms with van der Waals surface area (Å²) in [6.45, 7) is 5.79. The van der Waals surface area contributed by atoms with Gasteiger partial charge in [-0.05, 0) is 56.2 Å². The predicted molar refractivity (Wildman–Crippen MR) is 113 cm³/mol. The Morgan fingerprint density at radius 2 is 1.69 bits per heavy atom. The minimum absolute atomic E-state index is 0.279. The zero-order valence-electron chi connectivity index (χ0n) is 17.2. The molecular weight excluding hydrogens is 368 g/mol. The number of carbonyl (C=O) groups is 1. The molecule has 7 nitrogen and oxygen atoms in total. The number of aryl methyl sites for hydroxylation is 2. The van der Waals surface area contributed by atoms with Crippen LogP contribution in [0.4, 0.5) is 17.3 Å². The summed E-state index contributed by atoms with van der Waals surface area (Å²) in [7, 11) is 3.15. The lowest BCUT2D eigenvalue weighted by Gasteiger charge is -2.12. The van der Waals surface area contributed by atoms with Crippen molar-refractivity contribution in [1.29, 1.82) is 0 Å². The molecule has 1 heterocycles. The Kier molecular flexibility index (Phi) is 5.97. The lowest BCUT2D eigenvalue weighted by atomic mass is 10.1. The molecule has 0 aliphatic heterocycles. The van der Waals surface area contributed by atoms with Gasteiger partial charge < -0.3 is 20.1 Å².